The molecular weight excluding hydrogens is 785 g/mol. The Hall–Kier alpha value is -8.46. The first kappa shape index (κ1) is 39.4. The molecule has 2 nitrogen and oxygen atoms in total. The van der Waals surface area contributed by atoms with E-state index in [0.29, 0.717) is 0 Å². The molecule has 0 N–H and O–H groups in total. The van der Waals surface area contributed by atoms with Crippen molar-refractivity contribution in [1.82, 2.24) is 0 Å². The fraction of sp³-hybridized carbons (Fsp3) is 0.0159. The Bertz CT molecular complexity index is 3370. The Morgan fingerprint density at radius 1 is 0.215 bits per heavy atom. The van der Waals surface area contributed by atoms with Gasteiger partial charge in [0.15, 0.2) is 0 Å². The number of rotatable bonds is 10. The van der Waals surface area contributed by atoms with E-state index in [1.54, 1.807) is 0 Å². The molecule has 0 heterocycles. The van der Waals surface area contributed by atoms with Crippen LogP contribution in [0.25, 0.3) is 66.1 Å². The predicted molar refractivity (Wildman–Crippen MR) is 277 cm³/mol. The van der Waals surface area contributed by atoms with Crippen LogP contribution in [0.2, 0.25) is 0 Å². The average molecular weight is 831 g/mol. The minimum absolute atomic E-state index is 1.09. The number of benzene rings is 11. The summed E-state index contributed by atoms with van der Waals surface area (Å²) in [7, 11) is 0. The van der Waals surface area contributed by atoms with Crippen molar-refractivity contribution in [2.45, 2.75) is 6.92 Å². The van der Waals surface area contributed by atoms with Crippen molar-refractivity contribution in [2.24, 2.45) is 0 Å². The summed E-state index contributed by atoms with van der Waals surface area (Å²) >= 11 is 0. The smallest absolute Gasteiger partial charge is 0.0468 e. The van der Waals surface area contributed by atoms with Crippen molar-refractivity contribution < 1.29 is 0 Å². The maximum atomic E-state index is 2.41. The zero-order chi connectivity index (χ0) is 43.5. The quantitative estimate of drug-likeness (QED) is 0.127. The number of para-hydroxylation sites is 2. The van der Waals surface area contributed by atoms with E-state index >= 15 is 0 Å². The number of fused-ring (bicyclic) bond motifs is 2. The summed E-state index contributed by atoms with van der Waals surface area (Å²) in [6.45, 7) is 2.16. The zero-order valence-corrected chi connectivity index (χ0v) is 36.2. The predicted octanol–water partition coefficient (Wildman–Crippen LogP) is 17.9. The Balaban J connectivity index is 1.15. The summed E-state index contributed by atoms with van der Waals surface area (Å²) in [4.78, 5) is 4.76. The molecule has 0 radical (unpaired) electrons. The highest BCUT2D eigenvalue weighted by Gasteiger charge is 2.22. The minimum atomic E-state index is 1.09. The number of hydrogen-bond donors (Lipinski definition) is 0. The van der Waals surface area contributed by atoms with E-state index in [1.807, 2.05) is 0 Å². The van der Waals surface area contributed by atoms with Crippen LogP contribution in [0.3, 0.4) is 0 Å². The number of hydrogen-bond acceptors (Lipinski definition) is 2. The van der Waals surface area contributed by atoms with Gasteiger partial charge in [-0.05, 0) is 146 Å². The SMILES string of the molecule is Cc1ccc(-c2c3ccc(N(c4ccccc4)c4ccc(-c5ccccc5)cc4)cc3c(-c3ccccc3)c3ccc(N(c4ccccc4)c4ccc(-c5ccccc5)cc4)cc23)cc1. The van der Waals surface area contributed by atoms with Crippen LogP contribution in [0.4, 0.5) is 34.1 Å². The minimum Gasteiger partial charge on any atom is -0.310 e. The number of nitrogens with zero attached hydrogens (tertiary/aromatic N) is 2. The molecule has 308 valence electrons. The summed E-state index contributed by atoms with van der Waals surface area (Å²) in [5.74, 6) is 0. The summed E-state index contributed by atoms with van der Waals surface area (Å²) in [6, 6.07) is 94.6. The first-order chi connectivity index (χ1) is 32.2. The molecule has 11 aromatic rings. The van der Waals surface area contributed by atoms with Crippen molar-refractivity contribution in [3.8, 4) is 44.5 Å². The van der Waals surface area contributed by atoms with Crippen molar-refractivity contribution in [3.63, 3.8) is 0 Å². The molecule has 0 aliphatic carbocycles. The summed E-state index contributed by atoms with van der Waals surface area (Å²) < 4.78 is 0. The van der Waals surface area contributed by atoms with Crippen molar-refractivity contribution in [2.75, 3.05) is 9.80 Å². The third kappa shape index (κ3) is 7.73. The van der Waals surface area contributed by atoms with Crippen LogP contribution in [0.1, 0.15) is 5.56 Å². The van der Waals surface area contributed by atoms with Crippen molar-refractivity contribution >= 4 is 55.7 Å². The lowest BCUT2D eigenvalue weighted by Gasteiger charge is -2.28. The van der Waals surface area contributed by atoms with Gasteiger partial charge in [0.1, 0.15) is 0 Å². The average Bonchev–Trinajstić information content (AvgIpc) is 3.38. The second-order valence-corrected chi connectivity index (χ2v) is 16.6. The van der Waals surface area contributed by atoms with Crippen LogP contribution < -0.4 is 9.80 Å². The van der Waals surface area contributed by atoms with E-state index in [4.69, 9.17) is 0 Å². The Morgan fingerprint density at radius 2 is 0.492 bits per heavy atom. The van der Waals surface area contributed by atoms with E-state index in [1.165, 1.54) is 71.6 Å². The fourth-order valence-electron chi connectivity index (χ4n) is 9.35. The van der Waals surface area contributed by atoms with Crippen LogP contribution in [0, 0.1) is 6.92 Å². The van der Waals surface area contributed by atoms with Gasteiger partial charge >= 0.3 is 0 Å². The molecule has 0 spiro atoms. The second kappa shape index (κ2) is 17.4. The highest BCUT2D eigenvalue weighted by Crippen LogP contribution is 2.48. The van der Waals surface area contributed by atoms with Gasteiger partial charge in [0.2, 0.25) is 0 Å². The fourth-order valence-corrected chi connectivity index (χ4v) is 9.35. The van der Waals surface area contributed by atoms with Gasteiger partial charge in [-0.1, -0.05) is 194 Å². The molecule has 0 saturated heterocycles. The van der Waals surface area contributed by atoms with Crippen LogP contribution >= 0.6 is 0 Å². The highest BCUT2D eigenvalue weighted by molar-refractivity contribution is 6.22. The molecule has 0 unspecified atom stereocenters. The first-order valence-electron chi connectivity index (χ1n) is 22.3. The van der Waals surface area contributed by atoms with Gasteiger partial charge < -0.3 is 9.80 Å². The third-order valence-corrected chi connectivity index (χ3v) is 12.5. The normalized spacial score (nSPS) is 11.2. The van der Waals surface area contributed by atoms with Crippen LogP contribution in [0.5, 0.6) is 0 Å². The number of anilines is 6. The monoisotopic (exact) mass is 830 g/mol. The molecule has 65 heavy (non-hydrogen) atoms. The van der Waals surface area contributed by atoms with Gasteiger partial charge in [0, 0.05) is 34.1 Å². The first-order valence-corrected chi connectivity index (χ1v) is 22.3. The molecule has 11 rings (SSSR count). The largest absolute Gasteiger partial charge is 0.310 e. The van der Waals surface area contributed by atoms with E-state index in [-0.39, 0.29) is 0 Å². The van der Waals surface area contributed by atoms with Gasteiger partial charge in [0.05, 0.1) is 0 Å². The highest BCUT2D eigenvalue weighted by atomic mass is 15.1. The molecule has 2 heteroatoms. The van der Waals surface area contributed by atoms with Crippen molar-refractivity contribution in [1.29, 1.82) is 0 Å². The van der Waals surface area contributed by atoms with Crippen molar-refractivity contribution in [3.05, 3.63) is 266 Å². The summed E-state index contributed by atoms with van der Waals surface area (Å²) in [5.41, 5.74) is 17.4. The lowest BCUT2D eigenvalue weighted by molar-refractivity contribution is 1.29. The van der Waals surface area contributed by atoms with Gasteiger partial charge in [-0.25, -0.2) is 0 Å². The standard InChI is InChI=1S/C63H46N2/c1-45-27-29-51(30-28-45)63-59-42-40-56(64(52-23-13-5-14-24-52)54-35-31-48(32-36-54)46-17-7-2-8-18-46)43-60(59)62(50-21-11-4-12-22-50)58-41-39-57(44-61(58)63)65(53-25-15-6-16-26-53)55-37-33-49(34-38-55)47-19-9-3-10-20-47/h2-44H,1H3. The molecule has 0 amide bonds. The maximum absolute atomic E-state index is 2.41. The third-order valence-electron chi connectivity index (χ3n) is 12.5. The van der Waals surface area contributed by atoms with Gasteiger partial charge in [-0.2, -0.15) is 0 Å². The number of aryl methyl sites for hydroxylation is 1. The Morgan fingerprint density at radius 3 is 0.877 bits per heavy atom. The van der Waals surface area contributed by atoms with Gasteiger partial charge in [-0.15, -0.1) is 0 Å². The topological polar surface area (TPSA) is 6.48 Å². The summed E-state index contributed by atoms with van der Waals surface area (Å²) in [6.07, 6.45) is 0. The lowest BCUT2D eigenvalue weighted by Crippen LogP contribution is -2.10. The molecule has 11 aromatic carbocycles. The zero-order valence-electron chi connectivity index (χ0n) is 36.2. The van der Waals surface area contributed by atoms with E-state index in [2.05, 4.69) is 278 Å². The maximum Gasteiger partial charge on any atom is 0.0468 e. The van der Waals surface area contributed by atoms with Gasteiger partial charge in [0.25, 0.3) is 0 Å². The molecule has 0 saturated carbocycles. The molecule has 0 aliphatic rings. The second-order valence-electron chi connectivity index (χ2n) is 16.6. The van der Waals surface area contributed by atoms with Crippen LogP contribution in [-0.2, 0) is 0 Å². The van der Waals surface area contributed by atoms with E-state index in [0.717, 1.165) is 34.1 Å². The molecule has 0 aliphatic heterocycles. The van der Waals surface area contributed by atoms with Gasteiger partial charge in [-0.3, -0.25) is 0 Å². The molecule has 0 bridgehead atoms. The van der Waals surface area contributed by atoms with Crippen LogP contribution in [0.15, 0.2) is 261 Å². The molecule has 0 atom stereocenters. The lowest BCUT2D eigenvalue weighted by atomic mass is 9.85. The molecule has 0 aromatic heterocycles. The summed E-state index contributed by atoms with van der Waals surface area (Å²) in [5, 5.41) is 4.80. The Kier molecular flexibility index (Phi) is 10.5. The van der Waals surface area contributed by atoms with E-state index < -0.39 is 0 Å². The van der Waals surface area contributed by atoms with Crippen LogP contribution in [-0.4, -0.2) is 0 Å². The Labute approximate surface area is 381 Å². The molecular formula is C63H46N2. The van der Waals surface area contributed by atoms with E-state index in [9.17, 15) is 0 Å². The molecule has 0 fully saturated rings.